The standard InChI is InChI=1S/C10H12BrNO2.ClH/c1-6-3-4-7(5-8(6)11)9(12)10(13)14-2;/h3-5,9H,12H2,1-2H3;1H/t9-;/m1./s1. The number of aryl methyl sites for hydroxylation is 1. The molecular weight excluding hydrogens is 281 g/mol. The fourth-order valence-corrected chi connectivity index (χ4v) is 1.46. The van der Waals surface area contributed by atoms with E-state index in [2.05, 4.69) is 20.7 Å². The maximum Gasteiger partial charge on any atom is 0.327 e. The molecule has 0 unspecified atom stereocenters. The van der Waals surface area contributed by atoms with Crippen LogP contribution in [-0.2, 0) is 9.53 Å². The zero-order chi connectivity index (χ0) is 10.7. The molecule has 1 aromatic carbocycles. The van der Waals surface area contributed by atoms with Gasteiger partial charge in [-0.15, -0.1) is 12.4 Å². The predicted molar refractivity (Wildman–Crippen MR) is 65.1 cm³/mol. The van der Waals surface area contributed by atoms with Gasteiger partial charge in [-0.05, 0) is 24.1 Å². The molecule has 0 spiro atoms. The Kier molecular flexibility index (Phi) is 5.87. The average molecular weight is 295 g/mol. The van der Waals surface area contributed by atoms with Gasteiger partial charge in [0.25, 0.3) is 0 Å². The van der Waals surface area contributed by atoms with Crippen LogP contribution in [0, 0.1) is 6.92 Å². The molecule has 5 heteroatoms. The molecule has 0 aliphatic rings. The Morgan fingerprint density at radius 1 is 1.53 bits per heavy atom. The number of halogens is 2. The molecule has 1 rings (SSSR count). The number of benzene rings is 1. The maximum absolute atomic E-state index is 11.1. The zero-order valence-electron chi connectivity index (χ0n) is 8.49. The first-order valence-electron chi connectivity index (χ1n) is 4.15. The molecule has 0 aliphatic carbocycles. The normalized spacial score (nSPS) is 11.5. The summed E-state index contributed by atoms with van der Waals surface area (Å²) in [5.41, 5.74) is 7.52. The van der Waals surface area contributed by atoms with E-state index in [1.807, 2.05) is 25.1 Å². The second kappa shape index (κ2) is 6.10. The molecule has 84 valence electrons. The first-order chi connectivity index (χ1) is 6.56. The first kappa shape index (κ1) is 14.4. The molecule has 0 aliphatic heterocycles. The summed E-state index contributed by atoms with van der Waals surface area (Å²) in [6.07, 6.45) is 0. The van der Waals surface area contributed by atoms with Gasteiger partial charge >= 0.3 is 5.97 Å². The maximum atomic E-state index is 11.1. The summed E-state index contributed by atoms with van der Waals surface area (Å²) in [5, 5.41) is 0. The lowest BCUT2D eigenvalue weighted by molar-refractivity contribution is -0.142. The summed E-state index contributed by atoms with van der Waals surface area (Å²) >= 11 is 3.38. The van der Waals surface area contributed by atoms with Crippen molar-refractivity contribution in [2.45, 2.75) is 13.0 Å². The molecule has 0 heterocycles. The molecule has 15 heavy (non-hydrogen) atoms. The van der Waals surface area contributed by atoms with Crippen LogP contribution in [0.4, 0.5) is 0 Å². The number of hydrogen-bond acceptors (Lipinski definition) is 3. The van der Waals surface area contributed by atoms with E-state index in [1.165, 1.54) is 7.11 Å². The summed E-state index contributed by atoms with van der Waals surface area (Å²) in [6.45, 7) is 1.97. The van der Waals surface area contributed by atoms with Crippen molar-refractivity contribution in [3.8, 4) is 0 Å². The SMILES string of the molecule is COC(=O)[C@H](N)c1ccc(C)c(Br)c1.Cl. The third-order valence-corrected chi connectivity index (χ3v) is 2.86. The lowest BCUT2D eigenvalue weighted by Crippen LogP contribution is -2.22. The molecule has 2 N–H and O–H groups in total. The number of hydrogen-bond donors (Lipinski definition) is 1. The fourth-order valence-electron chi connectivity index (χ4n) is 1.07. The van der Waals surface area contributed by atoms with Crippen molar-refractivity contribution in [3.63, 3.8) is 0 Å². The van der Waals surface area contributed by atoms with Gasteiger partial charge in [0, 0.05) is 4.47 Å². The van der Waals surface area contributed by atoms with Gasteiger partial charge in [-0.25, -0.2) is 0 Å². The minimum atomic E-state index is -0.711. The van der Waals surface area contributed by atoms with E-state index in [4.69, 9.17) is 5.73 Å². The van der Waals surface area contributed by atoms with Gasteiger partial charge in [0.05, 0.1) is 7.11 Å². The Balaban J connectivity index is 0.00000196. The summed E-state index contributed by atoms with van der Waals surface area (Å²) in [4.78, 5) is 11.1. The fraction of sp³-hybridized carbons (Fsp3) is 0.300. The van der Waals surface area contributed by atoms with E-state index >= 15 is 0 Å². The topological polar surface area (TPSA) is 52.3 Å². The average Bonchev–Trinajstić information content (AvgIpc) is 2.20. The summed E-state index contributed by atoms with van der Waals surface area (Å²) in [5.74, 6) is -0.430. The quantitative estimate of drug-likeness (QED) is 0.852. The van der Waals surface area contributed by atoms with Crippen LogP contribution >= 0.6 is 28.3 Å². The lowest BCUT2D eigenvalue weighted by Gasteiger charge is -2.10. The van der Waals surface area contributed by atoms with E-state index in [9.17, 15) is 4.79 Å². The molecular formula is C10H13BrClNO2. The van der Waals surface area contributed by atoms with Crippen molar-refractivity contribution >= 4 is 34.3 Å². The largest absolute Gasteiger partial charge is 0.468 e. The van der Waals surface area contributed by atoms with Gasteiger partial charge in [-0.3, -0.25) is 4.79 Å². The highest BCUT2D eigenvalue weighted by molar-refractivity contribution is 9.10. The third-order valence-electron chi connectivity index (χ3n) is 2.01. The molecule has 1 atom stereocenters. The van der Waals surface area contributed by atoms with Gasteiger partial charge in [0.2, 0.25) is 0 Å². The predicted octanol–water partition coefficient (Wildman–Crippen LogP) is 2.35. The van der Waals surface area contributed by atoms with Crippen molar-refractivity contribution in [2.75, 3.05) is 7.11 Å². The molecule has 0 saturated heterocycles. The molecule has 0 amide bonds. The van der Waals surface area contributed by atoms with Crippen LogP contribution < -0.4 is 5.73 Å². The van der Waals surface area contributed by atoms with Gasteiger partial charge in [0.15, 0.2) is 0 Å². The number of esters is 1. The van der Waals surface area contributed by atoms with E-state index < -0.39 is 12.0 Å². The number of rotatable bonds is 2. The number of methoxy groups -OCH3 is 1. The molecule has 0 saturated carbocycles. The molecule has 0 aromatic heterocycles. The lowest BCUT2D eigenvalue weighted by atomic mass is 10.1. The van der Waals surface area contributed by atoms with E-state index in [1.54, 1.807) is 0 Å². The molecule has 0 fully saturated rings. The second-order valence-corrected chi connectivity index (χ2v) is 3.86. The minimum Gasteiger partial charge on any atom is -0.468 e. The van der Waals surface area contributed by atoms with E-state index in [0.29, 0.717) is 0 Å². The van der Waals surface area contributed by atoms with Gasteiger partial charge in [-0.1, -0.05) is 28.1 Å². The van der Waals surface area contributed by atoms with Gasteiger partial charge in [0.1, 0.15) is 6.04 Å². The summed E-state index contributed by atoms with van der Waals surface area (Å²) in [6, 6.07) is 4.85. The minimum absolute atomic E-state index is 0. The molecule has 3 nitrogen and oxygen atoms in total. The smallest absolute Gasteiger partial charge is 0.327 e. The van der Waals surface area contributed by atoms with Gasteiger partial charge in [-0.2, -0.15) is 0 Å². The first-order valence-corrected chi connectivity index (χ1v) is 4.95. The van der Waals surface area contributed by atoms with Crippen LogP contribution in [0.25, 0.3) is 0 Å². The van der Waals surface area contributed by atoms with Gasteiger partial charge < -0.3 is 10.5 Å². The number of ether oxygens (including phenoxy) is 1. The highest BCUT2D eigenvalue weighted by Gasteiger charge is 2.16. The Morgan fingerprint density at radius 3 is 2.60 bits per heavy atom. The number of carbonyl (C=O) groups excluding carboxylic acids is 1. The molecule has 0 radical (unpaired) electrons. The Morgan fingerprint density at radius 2 is 2.13 bits per heavy atom. The molecule has 1 aromatic rings. The van der Waals surface area contributed by atoms with Crippen LogP contribution in [0.3, 0.4) is 0 Å². The van der Waals surface area contributed by atoms with Crippen LogP contribution in [0.15, 0.2) is 22.7 Å². The second-order valence-electron chi connectivity index (χ2n) is 3.01. The van der Waals surface area contributed by atoms with Crippen molar-refractivity contribution in [3.05, 3.63) is 33.8 Å². The van der Waals surface area contributed by atoms with Crippen molar-refractivity contribution in [1.29, 1.82) is 0 Å². The van der Waals surface area contributed by atoms with E-state index in [-0.39, 0.29) is 12.4 Å². The third kappa shape index (κ3) is 3.48. The van der Waals surface area contributed by atoms with Crippen molar-refractivity contribution < 1.29 is 9.53 Å². The summed E-state index contributed by atoms with van der Waals surface area (Å²) in [7, 11) is 1.32. The van der Waals surface area contributed by atoms with Crippen LogP contribution in [0.1, 0.15) is 17.2 Å². The van der Waals surface area contributed by atoms with Crippen LogP contribution in [-0.4, -0.2) is 13.1 Å². The highest BCUT2D eigenvalue weighted by atomic mass is 79.9. The summed E-state index contributed by atoms with van der Waals surface area (Å²) < 4.78 is 5.50. The Hall–Kier alpha value is -0.580. The van der Waals surface area contributed by atoms with E-state index in [0.717, 1.165) is 15.6 Å². The Bertz CT molecular complexity index is 357. The monoisotopic (exact) mass is 293 g/mol. The number of nitrogens with two attached hydrogens (primary N) is 1. The zero-order valence-corrected chi connectivity index (χ0v) is 10.9. The van der Waals surface area contributed by atoms with Crippen LogP contribution in [0.2, 0.25) is 0 Å². The van der Waals surface area contributed by atoms with Crippen molar-refractivity contribution in [2.24, 2.45) is 5.73 Å². The molecule has 0 bridgehead atoms. The number of carbonyl (C=O) groups is 1. The highest BCUT2D eigenvalue weighted by Crippen LogP contribution is 2.21. The van der Waals surface area contributed by atoms with Crippen LogP contribution in [0.5, 0.6) is 0 Å². The van der Waals surface area contributed by atoms with Crippen molar-refractivity contribution in [1.82, 2.24) is 0 Å². The Labute approximate surface area is 104 Å².